The summed E-state index contributed by atoms with van der Waals surface area (Å²) in [5, 5.41) is 2.30. The number of amides is 1. The van der Waals surface area contributed by atoms with Gasteiger partial charge in [-0.2, -0.15) is 0 Å². The van der Waals surface area contributed by atoms with E-state index in [1.807, 2.05) is 0 Å². The monoisotopic (exact) mass is 166 g/mol. The van der Waals surface area contributed by atoms with Crippen molar-refractivity contribution in [2.45, 2.75) is 6.92 Å². The predicted octanol–water partition coefficient (Wildman–Crippen LogP) is 0.908. The number of carbonyl (C=O) groups is 1. The minimum atomic E-state index is -0.587. The number of rotatable bonds is 3. The summed E-state index contributed by atoms with van der Waals surface area (Å²) in [4.78, 5) is 14.3. The first kappa shape index (κ1) is 10.2. The second-order valence-electron chi connectivity index (χ2n) is 1.65. The quantitative estimate of drug-likeness (QED) is 0.500. The van der Waals surface area contributed by atoms with Gasteiger partial charge in [-0.15, -0.1) is 6.42 Å². The van der Waals surface area contributed by atoms with E-state index in [-0.39, 0.29) is 6.61 Å². The van der Waals surface area contributed by atoms with Crippen LogP contribution in [-0.4, -0.2) is 18.9 Å². The molecule has 0 rings (SSSR count). The SMILES string of the molecule is C#CCOC(=O)N/C=C\N=C/C. The van der Waals surface area contributed by atoms with E-state index in [4.69, 9.17) is 6.42 Å². The van der Waals surface area contributed by atoms with Gasteiger partial charge in [0.05, 0.1) is 0 Å². The van der Waals surface area contributed by atoms with E-state index < -0.39 is 6.09 Å². The Kier molecular flexibility index (Phi) is 6.27. The van der Waals surface area contributed by atoms with Crippen molar-refractivity contribution < 1.29 is 9.53 Å². The second kappa shape index (κ2) is 7.35. The third kappa shape index (κ3) is 6.36. The average molecular weight is 166 g/mol. The summed E-state index contributed by atoms with van der Waals surface area (Å²) in [6, 6.07) is 0. The fourth-order valence-corrected chi connectivity index (χ4v) is 0.383. The third-order valence-corrected chi connectivity index (χ3v) is 0.797. The second-order valence-corrected chi connectivity index (χ2v) is 1.65. The lowest BCUT2D eigenvalue weighted by Gasteiger charge is -1.97. The highest BCUT2D eigenvalue weighted by atomic mass is 16.5. The molecule has 0 saturated heterocycles. The molecule has 0 aromatic heterocycles. The molecule has 0 aromatic carbocycles. The Hall–Kier alpha value is -1.76. The van der Waals surface area contributed by atoms with Crippen LogP contribution in [0.3, 0.4) is 0 Å². The highest BCUT2D eigenvalue weighted by Gasteiger charge is 1.93. The van der Waals surface area contributed by atoms with Gasteiger partial charge in [-0.3, -0.25) is 10.3 Å². The fraction of sp³-hybridized carbons (Fsp3) is 0.250. The number of nitrogens with one attached hydrogen (secondary N) is 1. The fourth-order valence-electron chi connectivity index (χ4n) is 0.383. The summed E-state index contributed by atoms with van der Waals surface area (Å²) >= 11 is 0. The van der Waals surface area contributed by atoms with Gasteiger partial charge in [0, 0.05) is 18.6 Å². The van der Waals surface area contributed by atoms with Crippen LogP contribution < -0.4 is 5.32 Å². The molecule has 64 valence electrons. The zero-order valence-corrected chi connectivity index (χ0v) is 6.78. The Morgan fingerprint density at radius 2 is 2.58 bits per heavy atom. The van der Waals surface area contributed by atoms with Gasteiger partial charge in [0.1, 0.15) is 0 Å². The van der Waals surface area contributed by atoms with E-state index in [0.717, 1.165) is 0 Å². The van der Waals surface area contributed by atoms with E-state index >= 15 is 0 Å². The number of ether oxygens (including phenoxy) is 1. The maximum absolute atomic E-state index is 10.6. The summed E-state index contributed by atoms with van der Waals surface area (Å²) in [6.07, 6.45) is 8.65. The van der Waals surface area contributed by atoms with Gasteiger partial charge in [-0.25, -0.2) is 4.79 Å². The summed E-state index contributed by atoms with van der Waals surface area (Å²) in [5.74, 6) is 2.16. The summed E-state index contributed by atoms with van der Waals surface area (Å²) in [5.41, 5.74) is 0. The van der Waals surface area contributed by atoms with Crippen LogP contribution in [0.25, 0.3) is 0 Å². The summed E-state index contributed by atoms with van der Waals surface area (Å²) in [6.45, 7) is 1.73. The first-order chi connectivity index (χ1) is 5.81. The molecule has 0 aliphatic carbocycles. The molecule has 0 bridgehead atoms. The normalized spacial score (nSPS) is 10.0. The van der Waals surface area contributed by atoms with Crippen LogP contribution in [0, 0.1) is 12.3 Å². The zero-order valence-electron chi connectivity index (χ0n) is 6.78. The largest absolute Gasteiger partial charge is 0.436 e. The summed E-state index contributed by atoms with van der Waals surface area (Å²) in [7, 11) is 0. The molecule has 12 heavy (non-hydrogen) atoms. The lowest BCUT2D eigenvalue weighted by Crippen LogP contribution is -2.18. The van der Waals surface area contributed by atoms with Crippen molar-refractivity contribution in [1.82, 2.24) is 5.32 Å². The first-order valence-electron chi connectivity index (χ1n) is 3.30. The highest BCUT2D eigenvalue weighted by molar-refractivity contribution is 5.68. The molecule has 0 radical (unpaired) electrons. The van der Waals surface area contributed by atoms with E-state index in [9.17, 15) is 4.79 Å². The van der Waals surface area contributed by atoms with Gasteiger partial charge in [0.25, 0.3) is 0 Å². The van der Waals surface area contributed by atoms with Crippen LogP contribution in [0.15, 0.2) is 17.4 Å². The van der Waals surface area contributed by atoms with Crippen molar-refractivity contribution in [2.24, 2.45) is 4.99 Å². The zero-order chi connectivity index (χ0) is 9.23. The molecule has 0 unspecified atom stereocenters. The maximum Gasteiger partial charge on any atom is 0.412 e. The number of nitrogens with zero attached hydrogens (tertiary/aromatic N) is 1. The number of hydrogen-bond acceptors (Lipinski definition) is 3. The van der Waals surface area contributed by atoms with Crippen molar-refractivity contribution in [1.29, 1.82) is 0 Å². The van der Waals surface area contributed by atoms with E-state index in [0.29, 0.717) is 0 Å². The van der Waals surface area contributed by atoms with Gasteiger partial charge in [0.2, 0.25) is 0 Å². The third-order valence-electron chi connectivity index (χ3n) is 0.797. The van der Waals surface area contributed by atoms with Crippen molar-refractivity contribution in [3.63, 3.8) is 0 Å². The van der Waals surface area contributed by atoms with Crippen molar-refractivity contribution >= 4 is 12.3 Å². The Morgan fingerprint density at radius 1 is 1.83 bits per heavy atom. The Bertz CT molecular complexity index is 226. The molecule has 1 N–H and O–H groups in total. The van der Waals surface area contributed by atoms with Crippen molar-refractivity contribution in [3.05, 3.63) is 12.4 Å². The molecular weight excluding hydrogens is 156 g/mol. The van der Waals surface area contributed by atoms with Gasteiger partial charge in [-0.1, -0.05) is 5.92 Å². The number of alkyl carbamates (subject to hydrolysis) is 1. The number of terminal acetylenes is 1. The molecule has 4 nitrogen and oxygen atoms in total. The molecular formula is C8H10N2O2. The minimum Gasteiger partial charge on any atom is -0.436 e. The number of aliphatic imine (C=N–C) groups is 1. The van der Waals surface area contributed by atoms with Gasteiger partial charge in [-0.05, 0) is 6.92 Å². The Labute approximate surface area is 71.3 Å². The molecule has 0 aromatic rings. The summed E-state index contributed by atoms with van der Waals surface area (Å²) < 4.78 is 4.48. The molecule has 0 saturated carbocycles. The van der Waals surface area contributed by atoms with Crippen LogP contribution in [0.4, 0.5) is 4.79 Å². The van der Waals surface area contributed by atoms with E-state index in [1.54, 1.807) is 13.1 Å². The standard InChI is InChI=1S/C8H10N2O2/c1-3-7-12-8(11)10-6-5-9-4-2/h1,4-6H,7H2,2H3,(H,10,11)/b6-5-,9-4-. The van der Waals surface area contributed by atoms with Gasteiger partial charge < -0.3 is 4.74 Å². The van der Waals surface area contributed by atoms with Crippen LogP contribution in [0.2, 0.25) is 0 Å². The molecule has 0 heterocycles. The Morgan fingerprint density at radius 3 is 3.17 bits per heavy atom. The topological polar surface area (TPSA) is 50.7 Å². The van der Waals surface area contributed by atoms with Crippen molar-refractivity contribution in [3.8, 4) is 12.3 Å². The molecule has 0 aliphatic heterocycles. The maximum atomic E-state index is 10.6. The molecule has 0 atom stereocenters. The van der Waals surface area contributed by atoms with Crippen LogP contribution >= 0.6 is 0 Å². The molecule has 1 amide bonds. The van der Waals surface area contributed by atoms with Crippen LogP contribution in [-0.2, 0) is 4.74 Å². The molecule has 0 spiro atoms. The van der Waals surface area contributed by atoms with Gasteiger partial charge in [0.15, 0.2) is 6.61 Å². The molecule has 0 fully saturated rings. The predicted molar refractivity (Wildman–Crippen MR) is 46.6 cm³/mol. The number of carbonyl (C=O) groups excluding carboxylic acids is 1. The van der Waals surface area contributed by atoms with Crippen LogP contribution in [0.5, 0.6) is 0 Å². The van der Waals surface area contributed by atoms with Crippen LogP contribution in [0.1, 0.15) is 6.92 Å². The minimum absolute atomic E-state index is 0.0310. The Balaban J connectivity index is 3.51. The van der Waals surface area contributed by atoms with E-state index in [2.05, 4.69) is 21.0 Å². The average Bonchev–Trinajstić information content (AvgIpc) is 2.09. The number of hydrogen-bond donors (Lipinski definition) is 1. The van der Waals surface area contributed by atoms with Crippen molar-refractivity contribution in [2.75, 3.05) is 6.61 Å². The molecule has 0 aliphatic rings. The lowest BCUT2D eigenvalue weighted by atomic mass is 10.7. The van der Waals surface area contributed by atoms with E-state index in [1.165, 1.54) is 12.4 Å². The first-order valence-corrected chi connectivity index (χ1v) is 3.30. The van der Waals surface area contributed by atoms with Gasteiger partial charge >= 0.3 is 6.09 Å². The smallest absolute Gasteiger partial charge is 0.412 e. The lowest BCUT2D eigenvalue weighted by molar-refractivity contribution is 0.164. The highest BCUT2D eigenvalue weighted by Crippen LogP contribution is 1.76. The molecule has 4 heteroatoms.